The van der Waals surface area contributed by atoms with Gasteiger partial charge < -0.3 is 24.9 Å². The number of carbonyl (C=O) groups excluding carboxylic acids is 1. The molecule has 8 heteroatoms. The highest BCUT2D eigenvalue weighted by atomic mass is 16.2. The first-order chi connectivity index (χ1) is 15.4. The molecule has 0 spiro atoms. The maximum absolute atomic E-state index is 12.4. The lowest BCUT2D eigenvalue weighted by molar-refractivity contribution is 0.193. The van der Waals surface area contributed by atoms with Gasteiger partial charge in [0.2, 0.25) is 0 Å². The molecule has 0 aliphatic carbocycles. The predicted octanol–water partition coefficient (Wildman–Crippen LogP) is 4.55. The monoisotopic (exact) mass is 429 g/mol. The Morgan fingerprint density at radius 1 is 1.16 bits per heavy atom. The lowest BCUT2D eigenvalue weighted by Gasteiger charge is -2.30. The van der Waals surface area contributed by atoms with E-state index in [1.165, 1.54) is 5.57 Å². The predicted molar refractivity (Wildman–Crippen MR) is 127 cm³/mol. The van der Waals surface area contributed by atoms with Gasteiger partial charge in [-0.15, -0.1) is 0 Å². The molecule has 5 heterocycles. The summed E-state index contributed by atoms with van der Waals surface area (Å²) >= 11 is 0. The van der Waals surface area contributed by atoms with Crippen molar-refractivity contribution in [3.63, 3.8) is 0 Å². The van der Waals surface area contributed by atoms with Crippen molar-refractivity contribution in [2.45, 2.75) is 32.7 Å². The average Bonchev–Trinajstić information content (AvgIpc) is 3.40. The minimum atomic E-state index is -0.240. The molecule has 0 bridgehead atoms. The van der Waals surface area contributed by atoms with Crippen LogP contribution in [0, 0.1) is 0 Å². The van der Waals surface area contributed by atoms with Crippen LogP contribution in [0.3, 0.4) is 0 Å². The number of carbonyl (C=O) groups is 1. The second-order valence-corrected chi connectivity index (χ2v) is 9.14. The highest BCUT2D eigenvalue weighted by Gasteiger charge is 2.22. The number of urea groups is 1. The summed E-state index contributed by atoms with van der Waals surface area (Å²) in [5.74, 6) is 0. The minimum absolute atomic E-state index is 0.0209. The third kappa shape index (κ3) is 4.03. The van der Waals surface area contributed by atoms with Crippen LogP contribution in [0.4, 0.5) is 16.2 Å². The second kappa shape index (κ2) is 7.71. The normalized spacial score (nSPS) is 14.6. The van der Waals surface area contributed by atoms with Gasteiger partial charge in [0.1, 0.15) is 11.3 Å². The molecule has 164 valence electrons. The molecule has 8 nitrogen and oxygen atoms in total. The minimum Gasteiger partial charge on any atom is -0.354 e. The van der Waals surface area contributed by atoms with Gasteiger partial charge in [-0.3, -0.25) is 0 Å². The molecule has 0 atom stereocenters. The number of H-pyrrole nitrogens is 1. The van der Waals surface area contributed by atoms with Crippen LogP contribution in [0.1, 0.15) is 32.9 Å². The van der Waals surface area contributed by atoms with Crippen molar-refractivity contribution < 1.29 is 4.79 Å². The Labute approximate surface area is 186 Å². The van der Waals surface area contributed by atoms with Crippen LogP contribution in [0.5, 0.6) is 0 Å². The molecular weight excluding hydrogens is 402 g/mol. The van der Waals surface area contributed by atoms with Gasteiger partial charge in [-0.1, -0.05) is 6.08 Å². The number of hydrogen-bond donors (Lipinski definition) is 3. The SMILES string of the molecule is CC(C)(C)NC(=O)N1CC=C(c2cc3c(Nc4ccc5nccn5c4)ccnc3[nH]2)CC1. The summed E-state index contributed by atoms with van der Waals surface area (Å²) in [6.07, 6.45) is 10.4. The van der Waals surface area contributed by atoms with Crippen LogP contribution in [-0.4, -0.2) is 48.9 Å². The van der Waals surface area contributed by atoms with Gasteiger partial charge in [-0.05, 0) is 57.0 Å². The van der Waals surface area contributed by atoms with Gasteiger partial charge in [0.15, 0.2) is 0 Å². The number of nitrogens with one attached hydrogen (secondary N) is 3. The van der Waals surface area contributed by atoms with Gasteiger partial charge >= 0.3 is 6.03 Å². The topological polar surface area (TPSA) is 90.3 Å². The number of aromatic nitrogens is 4. The Morgan fingerprint density at radius 3 is 2.81 bits per heavy atom. The summed E-state index contributed by atoms with van der Waals surface area (Å²) in [4.78, 5) is 26.5. The molecule has 1 aliphatic rings. The molecule has 0 unspecified atom stereocenters. The van der Waals surface area contributed by atoms with Crippen LogP contribution in [-0.2, 0) is 0 Å². The Kier molecular flexibility index (Phi) is 4.84. The number of imidazole rings is 1. The highest BCUT2D eigenvalue weighted by Crippen LogP contribution is 2.30. The molecule has 3 N–H and O–H groups in total. The second-order valence-electron chi connectivity index (χ2n) is 9.14. The summed E-state index contributed by atoms with van der Waals surface area (Å²) in [7, 11) is 0. The van der Waals surface area contributed by atoms with E-state index in [2.05, 4.69) is 37.7 Å². The summed E-state index contributed by atoms with van der Waals surface area (Å²) in [5.41, 5.74) is 5.71. The first-order valence-corrected chi connectivity index (χ1v) is 10.8. The van der Waals surface area contributed by atoms with E-state index in [1.54, 1.807) is 12.4 Å². The van der Waals surface area contributed by atoms with Crippen molar-refractivity contribution in [3.8, 4) is 0 Å². The zero-order valence-corrected chi connectivity index (χ0v) is 18.5. The third-order valence-electron chi connectivity index (χ3n) is 5.52. The average molecular weight is 430 g/mol. The molecule has 5 rings (SSSR count). The standard InChI is InChI=1S/C24H27N7O/c1-24(2,3)29-23(32)30-11-7-16(8-12-30)20-14-18-19(6-9-26-22(18)28-20)27-17-4-5-21-25-10-13-31(21)15-17/h4-7,9-10,13-15H,8,11-12H2,1-3H3,(H,29,32)(H2,26,27,28). The summed E-state index contributed by atoms with van der Waals surface area (Å²) < 4.78 is 1.98. The maximum Gasteiger partial charge on any atom is 0.318 e. The van der Waals surface area contributed by atoms with Crippen LogP contribution < -0.4 is 10.6 Å². The smallest absolute Gasteiger partial charge is 0.318 e. The fourth-order valence-electron chi connectivity index (χ4n) is 3.96. The van der Waals surface area contributed by atoms with Crippen molar-refractivity contribution >= 4 is 39.7 Å². The number of amides is 2. The number of anilines is 2. The molecule has 0 saturated carbocycles. The molecule has 0 saturated heterocycles. The molecule has 4 aromatic heterocycles. The largest absolute Gasteiger partial charge is 0.354 e. The maximum atomic E-state index is 12.4. The van der Waals surface area contributed by atoms with Crippen molar-refractivity contribution in [3.05, 3.63) is 60.8 Å². The van der Waals surface area contributed by atoms with E-state index in [0.29, 0.717) is 13.1 Å². The van der Waals surface area contributed by atoms with E-state index in [9.17, 15) is 4.79 Å². The van der Waals surface area contributed by atoms with Crippen LogP contribution in [0.15, 0.2) is 55.1 Å². The fourth-order valence-corrected chi connectivity index (χ4v) is 3.96. The molecule has 0 radical (unpaired) electrons. The van der Waals surface area contributed by atoms with Crippen molar-refractivity contribution in [2.24, 2.45) is 0 Å². The summed E-state index contributed by atoms with van der Waals surface area (Å²) in [6, 6.07) is 8.09. The van der Waals surface area contributed by atoms with Crippen molar-refractivity contribution in [1.29, 1.82) is 0 Å². The van der Waals surface area contributed by atoms with E-state index in [0.717, 1.165) is 40.2 Å². The number of fused-ring (bicyclic) bond motifs is 2. The lowest BCUT2D eigenvalue weighted by Crippen LogP contribution is -2.49. The molecule has 0 aromatic carbocycles. The fraction of sp³-hybridized carbons (Fsp3) is 0.292. The summed E-state index contributed by atoms with van der Waals surface area (Å²) in [6.45, 7) is 7.26. The number of rotatable bonds is 3. The van der Waals surface area contributed by atoms with Crippen molar-refractivity contribution in [2.75, 3.05) is 18.4 Å². The summed E-state index contributed by atoms with van der Waals surface area (Å²) in [5, 5.41) is 7.56. The van der Waals surface area contributed by atoms with Crippen molar-refractivity contribution in [1.82, 2.24) is 29.6 Å². The Bertz CT molecular complexity index is 1330. The first kappa shape index (κ1) is 20.1. The highest BCUT2D eigenvalue weighted by molar-refractivity contribution is 5.94. The number of pyridine rings is 2. The van der Waals surface area contributed by atoms with E-state index >= 15 is 0 Å². The third-order valence-corrected chi connectivity index (χ3v) is 5.52. The van der Waals surface area contributed by atoms with Gasteiger partial charge in [0, 0.05) is 54.5 Å². The number of aromatic amines is 1. The Hall–Kier alpha value is -3.81. The van der Waals surface area contributed by atoms with Gasteiger partial charge in [-0.25, -0.2) is 14.8 Å². The Morgan fingerprint density at radius 2 is 2.03 bits per heavy atom. The van der Waals surface area contributed by atoms with E-state index in [-0.39, 0.29) is 11.6 Å². The van der Waals surface area contributed by atoms with Crippen LogP contribution in [0.2, 0.25) is 0 Å². The Balaban J connectivity index is 1.37. The zero-order valence-electron chi connectivity index (χ0n) is 18.5. The lowest BCUT2D eigenvalue weighted by atomic mass is 10.0. The van der Waals surface area contributed by atoms with Gasteiger partial charge in [-0.2, -0.15) is 0 Å². The van der Waals surface area contributed by atoms with Crippen LogP contribution in [0.25, 0.3) is 22.3 Å². The quantitative estimate of drug-likeness (QED) is 0.446. The van der Waals surface area contributed by atoms with Crippen LogP contribution >= 0.6 is 0 Å². The molecule has 4 aromatic rings. The van der Waals surface area contributed by atoms with E-state index in [4.69, 9.17) is 0 Å². The van der Waals surface area contributed by atoms with E-state index in [1.807, 2.05) is 60.7 Å². The molecule has 0 fully saturated rings. The zero-order chi connectivity index (χ0) is 22.3. The molecule has 1 aliphatic heterocycles. The van der Waals surface area contributed by atoms with E-state index < -0.39 is 0 Å². The van der Waals surface area contributed by atoms with Gasteiger partial charge in [0.25, 0.3) is 0 Å². The molecule has 32 heavy (non-hydrogen) atoms. The number of nitrogens with zero attached hydrogens (tertiary/aromatic N) is 4. The number of hydrogen-bond acceptors (Lipinski definition) is 4. The molecular formula is C24H27N7O. The van der Waals surface area contributed by atoms with Gasteiger partial charge in [0.05, 0.1) is 11.4 Å². The first-order valence-electron chi connectivity index (χ1n) is 10.8. The molecule has 2 amide bonds.